The van der Waals surface area contributed by atoms with E-state index >= 15 is 0 Å². The topological polar surface area (TPSA) is 48.3 Å². The number of aromatic nitrogens is 1. The van der Waals surface area contributed by atoms with Gasteiger partial charge in [-0.2, -0.15) is 0 Å². The van der Waals surface area contributed by atoms with Crippen LogP contribution < -0.4 is 0 Å². The Balaban J connectivity index is 1.86. The van der Waals surface area contributed by atoms with Gasteiger partial charge in [0, 0.05) is 22.7 Å². The van der Waals surface area contributed by atoms with E-state index in [4.69, 9.17) is 4.74 Å². The second-order valence-electron chi connectivity index (χ2n) is 6.14. The first-order valence-corrected chi connectivity index (χ1v) is 8.06. The van der Waals surface area contributed by atoms with Gasteiger partial charge < -0.3 is 9.30 Å². The molecule has 1 heterocycles. The second kappa shape index (κ2) is 6.52. The molecule has 2 aromatic rings. The fraction of sp³-hybridized carbons (Fsp3) is 0.444. The number of hydrogen-bond donors (Lipinski definition) is 0. The molecule has 4 nitrogen and oxygen atoms in total. The minimum Gasteiger partial charge on any atom is -0.461 e. The van der Waals surface area contributed by atoms with E-state index in [1.807, 2.05) is 0 Å². The molecular weight excluding hydrogens is 297 g/mol. The second-order valence-corrected chi connectivity index (χ2v) is 6.14. The third-order valence-electron chi connectivity index (χ3n) is 4.55. The number of carbonyl (C=O) groups is 2. The van der Waals surface area contributed by atoms with Gasteiger partial charge in [-0.15, -0.1) is 0 Å². The van der Waals surface area contributed by atoms with Gasteiger partial charge in [-0.05, 0) is 50.8 Å². The molecule has 1 aliphatic carbocycles. The molecule has 1 saturated carbocycles. The number of benzene rings is 1. The normalized spacial score (nSPS) is 17.1. The van der Waals surface area contributed by atoms with Crippen molar-refractivity contribution in [2.24, 2.45) is 0 Å². The predicted molar refractivity (Wildman–Crippen MR) is 85.0 cm³/mol. The van der Waals surface area contributed by atoms with Crippen molar-refractivity contribution in [2.75, 3.05) is 0 Å². The van der Waals surface area contributed by atoms with Crippen molar-refractivity contribution in [3.05, 3.63) is 35.8 Å². The monoisotopic (exact) mass is 317 g/mol. The Morgan fingerprint density at radius 1 is 1.35 bits per heavy atom. The van der Waals surface area contributed by atoms with Crippen LogP contribution in [0, 0.1) is 5.82 Å². The lowest BCUT2D eigenvalue weighted by molar-refractivity contribution is -0.153. The summed E-state index contributed by atoms with van der Waals surface area (Å²) in [5, 5.41) is 0.511. The van der Waals surface area contributed by atoms with Crippen LogP contribution in [0.15, 0.2) is 24.4 Å². The van der Waals surface area contributed by atoms with Crippen LogP contribution in [0.1, 0.15) is 55.4 Å². The van der Waals surface area contributed by atoms with Crippen molar-refractivity contribution in [1.82, 2.24) is 4.57 Å². The highest BCUT2D eigenvalue weighted by Crippen LogP contribution is 2.27. The Hall–Kier alpha value is -2.17. The number of halogens is 1. The molecule has 1 atom stereocenters. The third-order valence-corrected chi connectivity index (χ3v) is 4.55. The summed E-state index contributed by atoms with van der Waals surface area (Å²) in [6, 6.07) is 3.67. The molecule has 0 aliphatic heterocycles. The summed E-state index contributed by atoms with van der Waals surface area (Å²) >= 11 is 0. The van der Waals surface area contributed by atoms with Gasteiger partial charge >= 0.3 is 5.97 Å². The number of hydrogen-bond acceptors (Lipinski definition) is 3. The average Bonchev–Trinajstić information content (AvgIpc) is 2.92. The molecular formula is C18H20FNO3. The van der Waals surface area contributed by atoms with Crippen LogP contribution in [0.4, 0.5) is 4.39 Å². The van der Waals surface area contributed by atoms with Crippen molar-refractivity contribution in [1.29, 1.82) is 0 Å². The molecule has 0 radical (unpaired) electrons. The summed E-state index contributed by atoms with van der Waals surface area (Å²) in [4.78, 5) is 23.6. The smallest absolute Gasteiger partial charge is 0.329 e. The molecule has 1 aromatic heterocycles. The summed E-state index contributed by atoms with van der Waals surface area (Å²) in [5.41, 5.74) is 1.03. The third kappa shape index (κ3) is 3.14. The maximum Gasteiger partial charge on any atom is 0.329 e. The average molecular weight is 317 g/mol. The maximum atomic E-state index is 13.4. The van der Waals surface area contributed by atoms with Gasteiger partial charge in [0.05, 0.1) is 0 Å². The molecule has 0 N–H and O–H groups in total. The van der Waals surface area contributed by atoms with Crippen molar-refractivity contribution in [3.8, 4) is 0 Å². The van der Waals surface area contributed by atoms with Crippen LogP contribution in [-0.2, 0) is 9.53 Å². The summed E-state index contributed by atoms with van der Waals surface area (Å²) < 4.78 is 20.7. The Bertz CT molecular complexity index is 731. The summed E-state index contributed by atoms with van der Waals surface area (Å²) in [6.07, 6.45) is 7.46. The van der Waals surface area contributed by atoms with E-state index in [-0.39, 0.29) is 12.1 Å². The zero-order chi connectivity index (χ0) is 16.4. The molecule has 23 heavy (non-hydrogen) atoms. The first-order chi connectivity index (χ1) is 11.1. The highest BCUT2D eigenvalue weighted by molar-refractivity contribution is 5.98. The van der Waals surface area contributed by atoms with Gasteiger partial charge in [-0.3, -0.25) is 4.79 Å². The first-order valence-electron chi connectivity index (χ1n) is 8.06. The van der Waals surface area contributed by atoms with Gasteiger partial charge in [0.15, 0.2) is 6.29 Å². The number of nitrogens with zero attached hydrogens (tertiary/aromatic N) is 1. The summed E-state index contributed by atoms with van der Waals surface area (Å²) in [7, 11) is 0. The van der Waals surface area contributed by atoms with Crippen LogP contribution in [-0.4, -0.2) is 22.9 Å². The van der Waals surface area contributed by atoms with E-state index in [9.17, 15) is 14.0 Å². The Morgan fingerprint density at radius 2 is 2.09 bits per heavy atom. The minimum atomic E-state index is -0.557. The highest BCUT2D eigenvalue weighted by atomic mass is 19.1. The standard InChI is InChI=1S/C18H20FNO3/c1-12(18(22)23-15-5-3-2-4-6-15)20-10-13(11-21)16-9-14(19)7-8-17(16)20/h7-12,15H,2-6H2,1H3. The maximum absolute atomic E-state index is 13.4. The highest BCUT2D eigenvalue weighted by Gasteiger charge is 2.24. The molecule has 0 saturated heterocycles. The van der Waals surface area contributed by atoms with Crippen molar-refractivity contribution in [2.45, 2.75) is 51.2 Å². The van der Waals surface area contributed by atoms with Crippen LogP contribution in [0.5, 0.6) is 0 Å². The van der Waals surface area contributed by atoms with E-state index in [0.29, 0.717) is 22.8 Å². The fourth-order valence-corrected chi connectivity index (χ4v) is 3.23. The van der Waals surface area contributed by atoms with Gasteiger partial charge in [-0.1, -0.05) is 6.42 Å². The molecule has 1 unspecified atom stereocenters. The number of fused-ring (bicyclic) bond motifs is 1. The van der Waals surface area contributed by atoms with Crippen LogP contribution >= 0.6 is 0 Å². The molecule has 1 fully saturated rings. The molecule has 1 aromatic carbocycles. The fourth-order valence-electron chi connectivity index (χ4n) is 3.23. The number of esters is 1. The molecule has 5 heteroatoms. The van der Waals surface area contributed by atoms with Gasteiger partial charge in [-0.25, -0.2) is 9.18 Å². The van der Waals surface area contributed by atoms with E-state index in [0.717, 1.165) is 25.7 Å². The molecule has 3 rings (SSSR count). The van der Waals surface area contributed by atoms with Crippen LogP contribution in [0.3, 0.4) is 0 Å². The largest absolute Gasteiger partial charge is 0.461 e. The van der Waals surface area contributed by atoms with Crippen molar-refractivity contribution >= 4 is 23.2 Å². The number of carbonyl (C=O) groups excluding carboxylic acids is 2. The lowest BCUT2D eigenvalue weighted by Crippen LogP contribution is -2.26. The molecule has 0 spiro atoms. The lowest BCUT2D eigenvalue weighted by Gasteiger charge is -2.24. The minimum absolute atomic E-state index is 0.0106. The van der Waals surface area contributed by atoms with Crippen LogP contribution in [0.25, 0.3) is 10.9 Å². The van der Waals surface area contributed by atoms with Gasteiger partial charge in [0.2, 0.25) is 0 Å². The number of aldehydes is 1. The van der Waals surface area contributed by atoms with E-state index in [1.54, 1.807) is 23.8 Å². The quantitative estimate of drug-likeness (QED) is 0.632. The summed E-state index contributed by atoms with van der Waals surface area (Å²) in [5.74, 6) is -0.716. The SMILES string of the molecule is CC(C(=O)OC1CCCCC1)n1cc(C=O)c2cc(F)ccc21. The Labute approximate surface area is 134 Å². The molecule has 0 amide bonds. The molecule has 0 bridgehead atoms. The molecule has 1 aliphatic rings. The van der Waals surface area contributed by atoms with Crippen LogP contribution in [0.2, 0.25) is 0 Å². The predicted octanol–water partition coefficient (Wildman–Crippen LogP) is 4.03. The van der Waals surface area contributed by atoms with E-state index in [2.05, 4.69) is 0 Å². The lowest BCUT2D eigenvalue weighted by atomic mass is 9.98. The Morgan fingerprint density at radius 3 is 2.78 bits per heavy atom. The van der Waals surface area contributed by atoms with E-state index in [1.165, 1.54) is 18.6 Å². The zero-order valence-corrected chi connectivity index (χ0v) is 13.1. The van der Waals surface area contributed by atoms with E-state index < -0.39 is 11.9 Å². The van der Waals surface area contributed by atoms with Gasteiger partial charge in [0.25, 0.3) is 0 Å². The van der Waals surface area contributed by atoms with Crippen molar-refractivity contribution in [3.63, 3.8) is 0 Å². The summed E-state index contributed by atoms with van der Waals surface area (Å²) in [6.45, 7) is 1.74. The number of rotatable bonds is 4. The number of ether oxygens (including phenoxy) is 1. The molecule has 122 valence electrons. The Kier molecular flexibility index (Phi) is 4.46. The first kappa shape index (κ1) is 15.7. The van der Waals surface area contributed by atoms with Crippen molar-refractivity contribution < 1.29 is 18.7 Å². The zero-order valence-electron chi connectivity index (χ0n) is 13.1. The van der Waals surface area contributed by atoms with Gasteiger partial charge in [0.1, 0.15) is 18.0 Å².